The number of aromatic nitrogens is 1. The number of amides is 1. The first kappa shape index (κ1) is 51.1. The Balaban J connectivity index is 0.000000577. The number of anilines is 2. The maximum Gasteiger partial charge on any atom is 0.416 e. The zero-order chi connectivity index (χ0) is 46.9. The van der Waals surface area contributed by atoms with Gasteiger partial charge in [-0.05, 0) is 60.6 Å². The average Bonchev–Trinajstić information content (AvgIpc) is 3.28. The fourth-order valence-corrected chi connectivity index (χ4v) is 6.05. The molecule has 1 unspecified atom stereocenters. The average molecular weight is 894 g/mol. The van der Waals surface area contributed by atoms with Crippen LogP contribution in [0.4, 0.5) is 24.7 Å². The lowest BCUT2D eigenvalue weighted by Gasteiger charge is -2.37. The third kappa shape index (κ3) is 19.2. The topological polar surface area (TPSA) is 219 Å². The maximum atomic E-state index is 13.5. The van der Waals surface area contributed by atoms with E-state index in [0.717, 1.165) is 61.9 Å². The van der Waals surface area contributed by atoms with E-state index in [1.807, 2.05) is 66.7 Å². The third-order valence-electron chi connectivity index (χ3n) is 9.13. The summed E-state index contributed by atoms with van der Waals surface area (Å²) in [5.41, 5.74) is 1.29. The molecule has 5 N–H and O–H groups in total. The summed E-state index contributed by atoms with van der Waals surface area (Å²) in [6.07, 6.45) is -0.00876. The summed E-state index contributed by atoms with van der Waals surface area (Å²) in [5, 5.41) is 34.6. The highest BCUT2D eigenvalue weighted by atomic mass is 19.4. The van der Waals surface area contributed by atoms with Crippen molar-refractivity contribution in [1.29, 1.82) is 0 Å². The Kier molecular flexibility index (Phi) is 21.5. The largest absolute Gasteiger partial charge is 0.495 e. The van der Waals surface area contributed by atoms with Gasteiger partial charge in [0.2, 0.25) is 5.91 Å². The Labute approximate surface area is 367 Å². The van der Waals surface area contributed by atoms with Gasteiger partial charge in [0.05, 0.1) is 18.4 Å². The number of aliphatic carboxylic acids is 4. The molecule has 0 aliphatic carbocycles. The first-order valence-electron chi connectivity index (χ1n) is 19.8. The van der Waals surface area contributed by atoms with Crippen LogP contribution in [0.5, 0.6) is 11.5 Å². The number of halogens is 3. The van der Waals surface area contributed by atoms with Gasteiger partial charge in [-0.1, -0.05) is 48.5 Å². The Bertz CT molecular complexity index is 2070. The van der Waals surface area contributed by atoms with E-state index in [2.05, 4.69) is 26.2 Å². The molecule has 1 amide bonds. The lowest BCUT2D eigenvalue weighted by atomic mass is 10.1. The summed E-state index contributed by atoms with van der Waals surface area (Å²) in [5.74, 6) is -3.19. The number of alkyl halides is 3. The molecule has 0 saturated carbocycles. The number of para-hydroxylation sites is 2. The molecule has 64 heavy (non-hydrogen) atoms. The number of hydrogen-bond acceptors (Lipinski definition) is 11. The molecule has 3 aromatic carbocycles. The molecule has 16 nitrogen and oxygen atoms in total. The predicted octanol–water partition coefficient (Wildman–Crippen LogP) is 5.88. The Morgan fingerprint density at radius 1 is 0.750 bits per heavy atom. The van der Waals surface area contributed by atoms with Gasteiger partial charge in [-0.25, -0.2) is 24.2 Å². The summed E-state index contributed by atoms with van der Waals surface area (Å²) in [4.78, 5) is 62.6. The van der Waals surface area contributed by atoms with Crippen LogP contribution in [0.3, 0.4) is 0 Å². The number of carbonyl (C=O) groups is 5. The van der Waals surface area contributed by atoms with E-state index in [1.54, 1.807) is 18.2 Å². The van der Waals surface area contributed by atoms with Crippen molar-refractivity contribution in [1.82, 2.24) is 15.2 Å². The minimum absolute atomic E-state index is 0.0190. The molecule has 0 bridgehead atoms. The molecule has 1 aromatic heterocycles. The first-order valence-corrected chi connectivity index (χ1v) is 19.8. The Morgan fingerprint density at radius 3 is 1.84 bits per heavy atom. The minimum atomic E-state index is -4.40. The Hall–Kier alpha value is -7.25. The minimum Gasteiger partial charge on any atom is -0.495 e. The number of ether oxygens (including phenoxy) is 2. The number of piperazine rings is 1. The number of carboxylic acid groups (broad SMARTS) is 4. The van der Waals surface area contributed by atoms with Gasteiger partial charge in [-0.15, -0.1) is 0 Å². The first-order chi connectivity index (χ1) is 30.6. The van der Waals surface area contributed by atoms with Crippen LogP contribution in [-0.2, 0) is 30.1 Å². The van der Waals surface area contributed by atoms with Crippen LogP contribution >= 0.6 is 0 Å². The second kappa shape index (κ2) is 26.9. The lowest BCUT2D eigenvalue weighted by Crippen LogP contribution is -2.49. The van der Waals surface area contributed by atoms with Crippen molar-refractivity contribution in [2.45, 2.75) is 25.1 Å². The lowest BCUT2D eigenvalue weighted by molar-refractivity contribution is -0.137. The van der Waals surface area contributed by atoms with E-state index in [4.69, 9.17) is 29.9 Å². The van der Waals surface area contributed by atoms with Crippen LogP contribution in [0.25, 0.3) is 0 Å². The standard InChI is InChI=1S/C37H42F3N5O3.2C4H4O4/c1-47-34-12-6-5-11-32(34)44-26-23-43(24-27-44)25-28-45(35-13-7-8-20-42-35)36(46)19-22-41-21-18-33(29-9-3-2-4-10-29)48-31-16-14-30(15-17-31)37(38,39)40;2*5-3(6)1-2-4(7)8/h2-17,20,33,41H,18-19,21-28H2,1H3;2*1-2H,(H,5,6)(H,7,8)/b;2*2-1+. The van der Waals surface area contributed by atoms with Crippen molar-refractivity contribution in [2.75, 3.05) is 69.3 Å². The van der Waals surface area contributed by atoms with Crippen LogP contribution in [0, 0.1) is 0 Å². The van der Waals surface area contributed by atoms with Gasteiger partial charge in [0.1, 0.15) is 23.4 Å². The van der Waals surface area contributed by atoms with Gasteiger partial charge >= 0.3 is 30.1 Å². The fraction of sp³-hybridized carbons (Fsp3) is 0.289. The van der Waals surface area contributed by atoms with Crippen LogP contribution in [-0.4, -0.2) is 120 Å². The van der Waals surface area contributed by atoms with E-state index in [0.29, 0.717) is 61.9 Å². The Morgan fingerprint density at radius 2 is 1.31 bits per heavy atom. The zero-order valence-corrected chi connectivity index (χ0v) is 34.8. The van der Waals surface area contributed by atoms with Crippen molar-refractivity contribution < 1.29 is 67.0 Å². The SMILES string of the molecule is COc1ccccc1N1CCN(CCN(C(=O)CCNCCC(Oc2ccc(C(F)(F)F)cc2)c2ccccc2)c2ccccn2)CC1.O=C(O)/C=C/C(=O)O.O=C(O)/C=C/C(=O)O. The predicted molar refractivity (Wildman–Crippen MR) is 230 cm³/mol. The summed E-state index contributed by atoms with van der Waals surface area (Å²) in [6.45, 7) is 5.76. The molecular weight excluding hydrogens is 844 g/mol. The normalized spacial score (nSPS) is 13.2. The van der Waals surface area contributed by atoms with Crippen molar-refractivity contribution in [3.63, 3.8) is 0 Å². The monoisotopic (exact) mass is 893 g/mol. The molecule has 5 rings (SSSR count). The molecule has 342 valence electrons. The molecule has 0 radical (unpaired) electrons. The van der Waals surface area contributed by atoms with Crippen molar-refractivity contribution in [3.05, 3.63) is 139 Å². The van der Waals surface area contributed by atoms with E-state index < -0.39 is 35.6 Å². The number of rotatable bonds is 19. The molecule has 19 heteroatoms. The molecule has 2 heterocycles. The number of nitrogens with one attached hydrogen (secondary N) is 1. The molecule has 4 aromatic rings. The van der Waals surface area contributed by atoms with Gasteiger partial charge in [-0.2, -0.15) is 13.2 Å². The number of pyridine rings is 1. The number of benzene rings is 3. The molecule has 0 spiro atoms. The summed E-state index contributed by atoms with van der Waals surface area (Å²) in [6, 6.07) is 27.9. The zero-order valence-electron chi connectivity index (χ0n) is 34.8. The van der Waals surface area contributed by atoms with Crippen LogP contribution < -0.4 is 24.6 Å². The molecule has 1 aliphatic rings. The fourth-order valence-electron chi connectivity index (χ4n) is 6.05. The number of hydrogen-bond donors (Lipinski definition) is 5. The number of carboxylic acids is 4. The molecule has 1 atom stereocenters. The van der Waals surface area contributed by atoms with Gasteiger partial charge in [0.25, 0.3) is 0 Å². The summed E-state index contributed by atoms with van der Waals surface area (Å²) in [7, 11) is 1.69. The van der Waals surface area contributed by atoms with Gasteiger partial charge < -0.3 is 40.1 Å². The number of methoxy groups -OCH3 is 1. The highest BCUT2D eigenvalue weighted by molar-refractivity contribution is 5.92. The quantitative estimate of drug-likeness (QED) is 0.0549. The van der Waals surface area contributed by atoms with Crippen LogP contribution in [0.2, 0.25) is 0 Å². The number of nitrogens with zero attached hydrogens (tertiary/aromatic N) is 4. The molecular formula is C45H50F3N5O11. The maximum absolute atomic E-state index is 13.5. The van der Waals surface area contributed by atoms with Gasteiger partial charge in [0.15, 0.2) is 0 Å². The third-order valence-corrected chi connectivity index (χ3v) is 9.13. The summed E-state index contributed by atoms with van der Waals surface area (Å²) < 4.78 is 50.7. The highest BCUT2D eigenvalue weighted by Crippen LogP contribution is 2.32. The van der Waals surface area contributed by atoms with Gasteiger partial charge in [-0.3, -0.25) is 14.6 Å². The second-order valence-corrected chi connectivity index (χ2v) is 13.6. The van der Waals surface area contributed by atoms with Crippen molar-refractivity contribution in [2.24, 2.45) is 0 Å². The smallest absolute Gasteiger partial charge is 0.416 e. The summed E-state index contributed by atoms with van der Waals surface area (Å²) >= 11 is 0. The highest BCUT2D eigenvalue weighted by Gasteiger charge is 2.30. The second-order valence-electron chi connectivity index (χ2n) is 13.6. The van der Waals surface area contributed by atoms with E-state index in [-0.39, 0.29) is 18.4 Å². The number of carbonyl (C=O) groups excluding carboxylic acids is 1. The van der Waals surface area contributed by atoms with E-state index in [1.165, 1.54) is 12.1 Å². The van der Waals surface area contributed by atoms with Crippen molar-refractivity contribution >= 4 is 41.3 Å². The van der Waals surface area contributed by atoms with Crippen LogP contribution in [0.15, 0.2) is 128 Å². The van der Waals surface area contributed by atoms with E-state index >= 15 is 0 Å². The van der Waals surface area contributed by atoms with Gasteiger partial charge in [0, 0.05) is 89.2 Å². The molecule has 1 saturated heterocycles. The van der Waals surface area contributed by atoms with E-state index in [9.17, 15) is 37.1 Å². The van der Waals surface area contributed by atoms with Crippen molar-refractivity contribution in [3.8, 4) is 11.5 Å². The molecule has 1 aliphatic heterocycles. The van der Waals surface area contributed by atoms with Crippen LogP contribution in [0.1, 0.15) is 30.1 Å². The molecule has 1 fully saturated rings.